The van der Waals surface area contributed by atoms with Crippen molar-refractivity contribution in [3.05, 3.63) is 35.6 Å². The van der Waals surface area contributed by atoms with Crippen LogP contribution in [0.15, 0.2) is 28.7 Å². The zero-order chi connectivity index (χ0) is 14.8. The Hall–Kier alpha value is -1.49. The SMILES string of the molecule is CCCNC(CC(F)(F)F)c1cc2cccc(C)c2o1. The van der Waals surface area contributed by atoms with Crippen LogP contribution in [0.5, 0.6) is 0 Å². The van der Waals surface area contributed by atoms with Gasteiger partial charge in [0.15, 0.2) is 0 Å². The van der Waals surface area contributed by atoms with E-state index in [-0.39, 0.29) is 0 Å². The quantitative estimate of drug-likeness (QED) is 0.858. The predicted octanol–water partition coefficient (Wildman–Crippen LogP) is 4.73. The molecule has 0 bridgehead atoms. The Labute approximate surface area is 116 Å². The Bertz CT molecular complexity index is 574. The first kappa shape index (κ1) is 14.9. The Morgan fingerprint density at radius 1 is 1.30 bits per heavy atom. The molecular formula is C15H18F3NO. The van der Waals surface area contributed by atoms with Gasteiger partial charge in [-0.25, -0.2) is 0 Å². The van der Waals surface area contributed by atoms with Gasteiger partial charge in [-0.15, -0.1) is 0 Å². The van der Waals surface area contributed by atoms with E-state index >= 15 is 0 Å². The first-order chi connectivity index (χ1) is 9.40. The van der Waals surface area contributed by atoms with Crippen LogP contribution in [0.2, 0.25) is 0 Å². The average molecular weight is 285 g/mol. The fourth-order valence-electron chi connectivity index (χ4n) is 2.22. The molecular weight excluding hydrogens is 267 g/mol. The molecule has 1 N–H and O–H groups in total. The maximum absolute atomic E-state index is 12.7. The van der Waals surface area contributed by atoms with Crippen LogP contribution in [0.1, 0.15) is 37.1 Å². The van der Waals surface area contributed by atoms with Crippen LogP contribution in [0.4, 0.5) is 13.2 Å². The lowest BCUT2D eigenvalue weighted by Gasteiger charge is -2.17. The number of nitrogens with one attached hydrogen (secondary N) is 1. The van der Waals surface area contributed by atoms with Gasteiger partial charge in [-0.05, 0) is 31.5 Å². The molecule has 0 aliphatic carbocycles. The lowest BCUT2D eigenvalue weighted by molar-refractivity contribution is -0.141. The summed E-state index contributed by atoms with van der Waals surface area (Å²) in [6, 6.07) is 6.46. The molecule has 0 aliphatic heterocycles. The number of para-hydroxylation sites is 1. The van der Waals surface area contributed by atoms with Crippen molar-refractivity contribution in [1.82, 2.24) is 5.32 Å². The fourth-order valence-corrected chi connectivity index (χ4v) is 2.22. The minimum absolute atomic E-state index is 0.347. The molecule has 2 aromatic rings. The normalized spacial score (nSPS) is 13.8. The molecule has 1 heterocycles. The van der Waals surface area contributed by atoms with Crippen molar-refractivity contribution in [3.63, 3.8) is 0 Å². The number of hydrogen-bond acceptors (Lipinski definition) is 2. The topological polar surface area (TPSA) is 25.2 Å². The second-order valence-electron chi connectivity index (χ2n) is 4.97. The van der Waals surface area contributed by atoms with Crippen LogP contribution in [-0.4, -0.2) is 12.7 Å². The number of benzene rings is 1. The van der Waals surface area contributed by atoms with Crippen molar-refractivity contribution in [1.29, 1.82) is 0 Å². The van der Waals surface area contributed by atoms with Gasteiger partial charge >= 0.3 is 6.18 Å². The van der Waals surface area contributed by atoms with E-state index in [4.69, 9.17) is 4.42 Å². The molecule has 0 radical (unpaired) electrons. The fraction of sp³-hybridized carbons (Fsp3) is 0.467. The van der Waals surface area contributed by atoms with Crippen LogP contribution in [0, 0.1) is 6.92 Å². The van der Waals surface area contributed by atoms with Crippen molar-refractivity contribution < 1.29 is 17.6 Å². The van der Waals surface area contributed by atoms with Crippen LogP contribution < -0.4 is 5.32 Å². The van der Waals surface area contributed by atoms with Gasteiger partial charge in [0.1, 0.15) is 11.3 Å². The van der Waals surface area contributed by atoms with E-state index in [9.17, 15) is 13.2 Å². The highest BCUT2D eigenvalue weighted by molar-refractivity contribution is 5.81. The number of aryl methyl sites for hydroxylation is 1. The highest BCUT2D eigenvalue weighted by Gasteiger charge is 2.33. The van der Waals surface area contributed by atoms with Gasteiger partial charge < -0.3 is 9.73 Å². The van der Waals surface area contributed by atoms with Crippen molar-refractivity contribution in [2.75, 3.05) is 6.54 Å². The zero-order valence-electron chi connectivity index (χ0n) is 11.6. The summed E-state index contributed by atoms with van der Waals surface area (Å²) in [5.41, 5.74) is 1.59. The molecule has 0 spiro atoms. The molecule has 1 aromatic heterocycles. The Balaban J connectivity index is 2.32. The second kappa shape index (κ2) is 5.87. The molecule has 0 saturated heterocycles. The molecule has 1 aromatic carbocycles. The maximum Gasteiger partial charge on any atom is 0.391 e. The lowest BCUT2D eigenvalue weighted by atomic mass is 10.1. The third-order valence-corrected chi connectivity index (χ3v) is 3.18. The first-order valence-electron chi connectivity index (χ1n) is 6.70. The van der Waals surface area contributed by atoms with E-state index in [2.05, 4.69) is 5.32 Å². The molecule has 0 saturated carbocycles. The molecule has 1 unspecified atom stereocenters. The minimum Gasteiger partial charge on any atom is -0.459 e. The van der Waals surface area contributed by atoms with E-state index in [0.717, 1.165) is 17.4 Å². The monoisotopic (exact) mass is 285 g/mol. The molecule has 0 fully saturated rings. The summed E-state index contributed by atoms with van der Waals surface area (Å²) >= 11 is 0. The number of fused-ring (bicyclic) bond motifs is 1. The van der Waals surface area contributed by atoms with E-state index in [1.165, 1.54) is 0 Å². The van der Waals surface area contributed by atoms with Gasteiger partial charge in [0.05, 0.1) is 12.5 Å². The summed E-state index contributed by atoms with van der Waals surface area (Å²) in [6.07, 6.45) is -4.38. The Morgan fingerprint density at radius 3 is 2.65 bits per heavy atom. The zero-order valence-corrected chi connectivity index (χ0v) is 11.6. The number of alkyl halides is 3. The smallest absolute Gasteiger partial charge is 0.391 e. The van der Waals surface area contributed by atoms with Crippen molar-refractivity contribution in [2.45, 2.75) is 38.9 Å². The summed E-state index contributed by atoms with van der Waals surface area (Å²) < 4.78 is 43.7. The average Bonchev–Trinajstić information content (AvgIpc) is 2.78. The molecule has 0 aliphatic rings. The summed E-state index contributed by atoms with van der Waals surface area (Å²) in [7, 11) is 0. The number of halogens is 3. The van der Waals surface area contributed by atoms with E-state index < -0.39 is 18.6 Å². The highest BCUT2D eigenvalue weighted by atomic mass is 19.4. The lowest BCUT2D eigenvalue weighted by Crippen LogP contribution is -2.27. The largest absolute Gasteiger partial charge is 0.459 e. The van der Waals surface area contributed by atoms with Crippen LogP contribution >= 0.6 is 0 Å². The Kier molecular flexibility index (Phi) is 4.38. The van der Waals surface area contributed by atoms with Crippen LogP contribution in [0.3, 0.4) is 0 Å². The van der Waals surface area contributed by atoms with Gasteiger partial charge in [0, 0.05) is 5.39 Å². The van der Waals surface area contributed by atoms with Crippen molar-refractivity contribution in [3.8, 4) is 0 Å². The maximum atomic E-state index is 12.7. The molecule has 20 heavy (non-hydrogen) atoms. The third kappa shape index (κ3) is 3.54. The number of hydrogen-bond donors (Lipinski definition) is 1. The van der Waals surface area contributed by atoms with Crippen molar-refractivity contribution in [2.24, 2.45) is 0 Å². The third-order valence-electron chi connectivity index (χ3n) is 3.18. The van der Waals surface area contributed by atoms with E-state index in [0.29, 0.717) is 17.9 Å². The summed E-state index contributed by atoms with van der Waals surface area (Å²) in [6.45, 7) is 4.32. The van der Waals surface area contributed by atoms with E-state index in [1.54, 1.807) is 6.07 Å². The van der Waals surface area contributed by atoms with E-state index in [1.807, 2.05) is 32.0 Å². The highest BCUT2D eigenvalue weighted by Crippen LogP contribution is 2.33. The predicted molar refractivity (Wildman–Crippen MR) is 72.7 cm³/mol. The second-order valence-corrected chi connectivity index (χ2v) is 4.97. The molecule has 2 nitrogen and oxygen atoms in total. The molecule has 110 valence electrons. The minimum atomic E-state index is -4.22. The first-order valence-corrected chi connectivity index (χ1v) is 6.70. The summed E-state index contributed by atoms with van der Waals surface area (Å²) in [5, 5.41) is 3.75. The van der Waals surface area contributed by atoms with Crippen LogP contribution in [-0.2, 0) is 0 Å². The molecule has 5 heteroatoms. The molecule has 0 amide bonds. The summed E-state index contributed by atoms with van der Waals surface area (Å²) in [5.74, 6) is 0.347. The Morgan fingerprint density at radius 2 is 2.05 bits per heavy atom. The number of furan rings is 1. The standard InChI is InChI=1S/C15H18F3NO/c1-3-7-19-12(9-15(16,17)18)13-8-11-6-4-5-10(2)14(11)20-13/h4-6,8,12,19H,3,7,9H2,1-2H3. The van der Waals surface area contributed by atoms with Gasteiger partial charge in [-0.3, -0.25) is 0 Å². The summed E-state index contributed by atoms with van der Waals surface area (Å²) in [4.78, 5) is 0. The molecule has 2 rings (SSSR count). The van der Waals surface area contributed by atoms with Crippen molar-refractivity contribution >= 4 is 11.0 Å². The van der Waals surface area contributed by atoms with Gasteiger partial charge in [0.25, 0.3) is 0 Å². The molecule has 1 atom stereocenters. The van der Waals surface area contributed by atoms with Crippen LogP contribution in [0.25, 0.3) is 11.0 Å². The van der Waals surface area contributed by atoms with Gasteiger partial charge in [-0.1, -0.05) is 25.1 Å². The van der Waals surface area contributed by atoms with Gasteiger partial charge in [-0.2, -0.15) is 13.2 Å². The van der Waals surface area contributed by atoms with Gasteiger partial charge in [0.2, 0.25) is 0 Å². The number of rotatable bonds is 5.